The summed E-state index contributed by atoms with van der Waals surface area (Å²) in [6.45, 7) is 0.904. The molecule has 0 aliphatic carbocycles. The molecule has 0 unspecified atom stereocenters. The smallest absolute Gasteiger partial charge is 0.234 e. The summed E-state index contributed by atoms with van der Waals surface area (Å²) in [4.78, 5) is 32.2. The van der Waals surface area contributed by atoms with E-state index in [1.165, 1.54) is 0 Å². The second-order valence-electron chi connectivity index (χ2n) is 7.94. The van der Waals surface area contributed by atoms with Gasteiger partial charge in [-0.05, 0) is 23.8 Å². The summed E-state index contributed by atoms with van der Waals surface area (Å²) in [5.41, 5.74) is 0.844. The van der Waals surface area contributed by atoms with E-state index in [-0.39, 0.29) is 24.7 Å². The zero-order valence-corrected chi connectivity index (χ0v) is 16.0. The minimum Gasteiger partial charge on any atom is -0.454 e. The van der Waals surface area contributed by atoms with Gasteiger partial charge >= 0.3 is 0 Å². The van der Waals surface area contributed by atoms with Gasteiger partial charge in [0.15, 0.2) is 11.5 Å². The molecule has 6 rings (SSSR count). The van der Waals surface area contributed by atoms with Crippen molar-refractivity contribution in [3.8, 4) is 11.5 Å². The Labute approximate surface area is 172 Å². The highest BCUT2D eigenvalue weighted by molar-refractivity contribution is 6.03. The average Bonchev–Trinajstić information content (AvgIpc) is 3.53. The third kappa shape index (κ3) is 2.46. The molecule has 5 heterocycles. The van der Waals surface area contributed by atoms with Gasteiger partial charge in [0.2, 0.25) is 18.6 Å². The van der Waals surface area contributed by atoms with Crippen LogP contribution in [0.5, 0.6) is 11.5 Å². The van der Waals surface area contributed by atoms with E-state index in [1.54, 1.807) is 29.4 Å². The standard InChI is InChI=1S/C22H19N3O5/c26-20(24-10-13-2-1-7-23-9-13)18-16-5-6-22(30-16)11-25(21(27)19(18)22)14-3-4-15-17(8-14)29-12-28-15/h1-9,16,18-19H,10-12H2,(H,24,26)/t16-,18+,19+,22+/m1/s1. The topological polar surface area (TPSA) is 90.0 Å². The lowest BCUT2D eigenvalue weighted by atomic mass is 9.77. The van der Waals surface area contributed by atoms with Crippen LogP contribution in [-0.4, -0.2) is 41.8 Å². The van der Waals surface area contributed by atoms with Crippen LogP contribution in [0.25, 0.3) is 0 Å². The Hall–Kier alpha value is -3.39. The number of carbonyl (C=O) groups excluding carboxylic acids is 2. The van der Waals surface area contributed by atoms with Crippen molar-refractivity contribution < 1.29 is 23.8 Å². The number of aromatic nitrogens is 1. The lowest BCUT2D eigenvalue weighted by Crippen LogP contribution is -2.44. The molecular weight excluding hydrogens is 386 g/mol. The summed E-state index contributed by atoms with van der Waals surface area (Å²) in [7, 11) is 0. The maximum atomic E-state index is 13.4. The number of rotatable bonds is 4. The van der Waals surface area contributed by atoms with E-state index in [0.717, 1.165) is 5.56 Å². The Kier molecular flexibility index (Phi) is 3.67. The number of carbonyl (C=O) groups is 2. The Bertz CT molecular complexity index is 1070. The molecule has 1 aromatic carbocycles. The maximum absolute atomic E-state index is 13.4. The van der Waals surface area contributed by atoms with Crippen molar-refractivity contribution in [3.63, 3.8) is 0 Å². The van der Waals surface area contributed by atoms with E-state index in [0.29, 0.717) is 30.3 Å². The van der Waals surface area contributed by atoms with Gasteiger partial charge in [0, 0.05) is 30.7 Å². The van der Waals surface area contributed by atoms with E-state index in [9.17, 15) is 9.59 Å². The van der Waals surface area contributed by atoms with Crippen molar-refractivity contribution in [2.45, 2.75) is 18.2 Å². The fraction of sp³-hybridized carbons (Fsp3) is 0.318. The van der Waals surface area contributed by atoms with Crippen LogP contribution in [-0.2, 0) is 20.9 Å². The second kappa shape index (κ2) is 6.30. The van der Waals surface area contributed by atoms with Crippen LogP contribution < -0.4 is 19.7 Å². The molecule has 0 saturated carbocycles. The Morgan fingerprint density at radius 3 is 3.03 bits per heavy atom. The summed E-state index contributed by atoms with van der Waals surface area (Å²) >= 11 is 0. The number of nitrogens with one attached hydrogen (secondary N) is 1. The van der Waals surface area contributed by atoms with Gasteiger partial charge in [-0.15, -0.1) is 0 Å². The third-order valence-electron chi connectivity index (χ3n) is 6.26. The van der Waals surface area contributed by atoms with Crippen molar-refractivity contribution in [2.75, 3.05) is 18.2 Å². The normalized spacial score (nSPS) is 30.1. The van der Waals surface area contributed by atoms with Gasteiger partial charge in [0.25, 0.3) is 0 Å². The average molecular weight is 405 g/mol. The zero-order valence-electron chi connectivity index (χ0n) is 16.0. The minimum atomic E-state index is -0.769. The Morgan fingerprint density at radius 2 is 2.17 bits per heavy atom. The molecule has 2 bridgehead atoms. The van der Waals surface area contributed by atoms with Gasteiger partial charge in [0.1, 0.15) is 5.60 Å². The molecule has 152 valence electrons. The molecule has 8 nitrogen and oxygen atoms in total. The number of hydrogen-bond acceptors (Lipinski definition) is 6. The number of amides is 2. The van der Waals surface area contributed by atoms with E-state index in [2.05, 4.69) is 10.3 Å². The highest BCUT2D eigenvalue weighted by Crippen LogP contribution is 2.53. The van der Waals surface area contributed by atoms with E-state index in [1.807, 2.05) is 30.4 Å². The highest BCUT2D eigenvalue weighted by atomic mass is 16.7. The SMILES string of the molecule is O=C(NCc1cccnc1)[C@@H]1[C@H]2C(=O)N(c3ccc4c(c3)OCO4)C[C@@]23C=C[C@H]1O3. The molecule has 30 heavy (non-hydrogen) atoms. The lowest BCUT2D eigenvalue weighted by molar-refractivity contribution is -0.132. The first kappa shape index (κ1) is 17.5. The first-order valence-electron chi connectivity index (χ1n) is 9.89. The predicted octanol–water partition coefficient (Wildman–Crippen LogP) is 1.41. The molecule has 4 aliphatic heterocycles. The van der Waals surface area contributed by atoms with Crippen LogP contribution >= 0.6 is 0 Å². The number of nitrogens with zero attached hydrogens (tertiary/aromatic N) is 2. The van der Waals surface area contributed by atoms with Crippen molar-refractivity contribution in [2.24, 2.45) is 11.8 Å². The first-order chi connectivity index (χ1) is 14.6. The molecule has 1 N–H and O–H groups in total. The van der Waals surface area contributed by atoms with E-state index >= 15 is 0 Å². The summed E-state index contributed by atoms with van der Waals surface area (Å²) in [6, 6.07) is 9.14. The van der Waals surface area contributed by atoms with Gasteiger partial charge < -0.3 is 24.4 Å². The van der Waals surface area contributed by atoms with E-state index < -0.39 is 17.4 Å². The fourth-order valence-corrected chi connectivity index (χ4v) is 4.88. The van der Waals surface area contributed by atoms with Gasteiger partial charge in [0.05, 0.1) is 24.5 Å². The molecule has 8 heteroatoms. The number of pyridine rings is 1. The molecule has 2 aromatic rings. The second-order valence-corrected chi connectivity index (χ2v) is 7.94. The van der Waals surface area contributed by atoms with Crippen molar-refractivity contribution in [1.82, 2.24) is 10.3 Å². The molecule has 2 amide bonds. The molecule has 2 fully saturated rings. The van der Waals surface area contributed by atoms with Crippen molar-refractivity contribution in [3.05, 3.63) is 60.4 Å². The fourth-order valence-electron chi connectivity index (χ4n) is 4.88. The van der Waals surface area contributed by atoms with Gasteiger partial charge in [-0.25, -0.2) is 0 Å². The Balaban J connectivity index is 1.25. The van der Waals surface area contributed by atoms with Crippen LogP contribution in [0.15, 0.2) is 54.9 Å². The van der Waals surface area contributed by atoms with Crippen LogP contribution in [0.4, 0.5) is 5.69 Å². The van der Waals surface area contributed by atoms with Gasteiger partial charge in [-0.3, -0.25) is 14.6 Å². The van der Waals surface area contributed by atoms with Crippen molar-refractivity contribution in [1.29, 1.82) is 0 Å². The predicted molar refractivity (Wildman–Crippen MR) is 105 cm³/mol. The minimum absolute atomic E-state index is 0.109. The molecular formula is C22H19N3O5. The maximum Gasteiger partial charge on any atom is 0.234 e. The number of anilines is 1. The highest BCUT2D eigenvalue weighted by Gasteiger charge is 2.67. The summed E-state index contributed by atoms with van der Waals surface area (Å²) < 4.78 is 17.0. The molecule has 1 spiro atoms. The monoisotopic (exact) mass is 405 g/mol. The third-order valence-corrected chi connectivity index (χ3v) is 6.26. The lowest BCUT2D eigenvalue weighted by Gasteiger charge is -2.23. The Morgan fingerprint density at radius 1 is 1.27 bits per heavy atom. The van der Waals surface area contributed by atoms with Crippen LogP contribution in [0.3, 0.4) is 0 Å². The largest absolute Gasteiger partial charge is 0.454 e. The molecule has 2 saturated heterocycles. The molecule has 4 aliphatic rings. The van der Waals surface area contributed by atoms with Crippen LogP contribution in [0.2, 0.25) is 0 Å². The molecule has 0 radical (unpaired) electrons. The molecule has 1 aromatic heterocycles. The number of ether oxygens (including phenoxy) is 3. The number of benzene rings is 1. The zero-order chi connectivity index (χ0) is 20.3. The van der Waals surface area contributed by atoms with Crippen LogP contribution in [0.1, 0.15) is 5.56 Å². The first-order valence-corrected chi connectivity index (χ1v) is 9.89. The summed E-state index contributed by atoms with van der Waals surface area (Å²) in [5.74, 6) is -0.122. The number of hydrogen-bond donors (Lipinski definition) is 1. The number of fused-ring (bicyclic) bond motifs is 2. The van der Waals surface area contributed by atoms with Crippen LogP contribution in [0, 0.1) is 11.8 Å². The molecule has 4 atom stereocenters. The summed E-state index contributed by atoms with van der Waals surface area (Å²) in [5, 5.41) is 2.94. The van der Waals surface area contributed by atoms with Gasteiger partial charge in [-0.2, -0.15) is 0 Å². The van der Waals surface area contributed by atoms with E-state index in [4.69, 9.17) is 14.2 Å². The van der Waals surface area contributed by atoms with Gasteiger partial charge in [-0.1, -0.05) is 18.2 Å². The quantitative estimate of drug-likeness (QED) is 0.774. The summed E-state index contributed by atoms with van der Waals surface area (Å²) in [6.07, 6.45) is 6.86. The van der Waals surface area contributed by atoms with Crippen molar-refractivity contribution >= 4 is 17.5 Å².